The summed E-state index contributed by atoms with van der Waals surface area (Å²) in [6.07, 6.45) is 9.11. The smallest absolute Gasteiger partial charge is 0.260 e. The van der Waals surface area contributed by atoms with Crippen LogP contribution < -0.4 is 4.74 Å². The first-order chi connectivity index (χ1) is 13.9. The number of benzene rings is 1. The Hall–Kier alpha value is -1.55. The largest absolute Gasteiger partial charge is 0.484 e. The lowest BCUT2D eigenvalue weighted by Gasteiger charge is -2.33. The van der Waals surface area contributed by atoms with E-state index in [1.807, 2.05) is 17.0 Å². The van der Waals surface area contributed by atoms with Crippen molar-refractivity contribution in [1.82, 2.24) is 9.80 Å². The van der Waals surface area contributed by atoms with Gasteiger partial charge in [0, 0.05) is 13.1 Å². The highest BCUT2D eigenvalue weighted by atomic mass is 16.5. The fourth-order valence-corrected chi connectivity index (χ4v) is 4.48. The molecule has 2 saturated heterocycles. The third-order valence-corrected chi connectivity index (χ3v) is 6.60. The second-order valence-corrected chi connectivity index (χ2v) is 9.93. The lowest BCUT2D eigenvalue weighted by molar-refractivity contribution is -0.134. The van der Waals surface area contributed by atoms with E-state index < -0.39 is 0 Å². The molecule has 2 fully saturated rings. The molecule has 1 aromatic carbocycles. The maximum atomic E-state index is 12.5. The average Bonchev–Trinajstić information content (AvgIpc) is 2.99. The second-order valence-electron chi connectivity index (χ2n) is 9.93. The highest BCUT2D eigenvalue weighted by molar-refractivity contribution is 5.77. The van der Waals surface area contributed by atoms with Gasteiger partial charge in [-0.05, 0) is 80.8 Å². The molecule has 0 N–H and O–H groups in total. The van der Waals surface area contributed by atoms with Crippen LogP contribution in [0.25, 0.3) is 0 Å². The number of ether oxygens (including phenoxy) is 1. The molecule has 0 bridgehead atoms. The van der Waals surface area contributed by atoms with Gasteiger partial charge in [-0.25, -0.2) is 0 Å². The summed E-state index contributed by atoms with van der Waals surface area (Å²) in [6, 6.07) is 8.14. The van der Waals surface area contributed by atoms with Gasteiger partial charge >= 0.3 is 0 Å². The molecule has 0 saturated carbocycles. The number of carbonyl (C=O) groups is 1. The Morgan fingerprint density at radius 2 is 1.59 bits per heavy atom. The van der Waals surface area contributed by atoms with Crippen molar-refractivity contribution in [2.24, 2.45) is 5.92 Å². The Kier molecular flexibility index (Phi) is 7.99. The van der Waals surface area contributed by atoms with E-state index in [1.165, 1.54) is 57.3 Å². The molecule has 0 spiro atoms. The molecular weight excluding hydrogens is 360 g/mol. The van der Waals surface area contributed by atoms with Crippen LogP contribution >= 0.6 is 0 Å². The molecule has 0 unspecified atom stereocenters. The van der Waals surface area contributed by atoms with Gasteiger partial charge in [0.25, 0.3) is 5.91 Å². The molecule has 3 rings (SSSR count). The molecule has 2 aliphatic rings. The molecule has 2 heterocycles. The zero-order valence-corrected chi connectivity index (χ0v) is 18.8. The van der Waals surface area contributed by atoms with Gasteiger partial charge in [-0.2, -0.15) is 0 Å². The molecule has 0 aromatic heterocycles. The van der Waals surface area contributed by atoms with E-state index in [-0.39, 0.29) is 17.9 Å². The first kappa shape index (κ1) is 22.1. The van der Waals surface area contributed by atoms with E-state index in [1.54, 1.807) is 0 Å². The van der Waals surface area contributed by atoms with Crippen LogP contribution in [0.15, 0.2) is 24.3 Å². The average molecular weight is 401 g/mol. The third-order valence-electron chi connectivity index (χ3n) is 6.60. The van der Waals surface area contributed by atoms with Gasteiger partial charge in [-0.15, -0.1) is 0 Å². The third kappa shape index (κ3) is 7.02. The monoisotopic (exact) mass is 400 g/mol. The van der Waals surface area contributed by atoms with Crippen LogP contribution in [0.2, 0.25) is 0 Å². The summed E-state index contributed by atoms with van der Waals surface area (Å²) in [6.45, 7) is 12.3. The summed E-state index contributed by atoms with van der Waals surface area (Å²) < 4.78 is 5.76. The van der Waals surface area contributed by atoms with Gasteiger partial charge in [0.15, 0.2) is 6.61 Å². The Morgan fingerprint density at radius 1 is 0.966 bits per heavy atom. The normalized spacial score (nSPS) is 19.8. The highest BCUT2D eigenvalue weighted by Gasteiger charge is 2.23. The predicted molar refractivity (Wildman–Crippen MR) is 119 cm³/mol. The van der Waals surface area contributed by atoms with Crippen LogP contribution in [0.1, 0.15) is 71.3 Å². The quantitative estimate of drug-likeness (QED) is 0.683. The number of rotatable bonds is 6. The Morgan fingerprint density at radius 3 is 2.17 bits per heavy atom. The Bertz CT molecular complexity index is 619. The first-order valence-electron chi connectivity index (χ1n) is 11.7. The van der Waals surface area contributed by atoms with Gasteiger partial charge in [0.1, 0.15) is 5.75 Å². The number of piperidine rings is 1. The van der Waals surface area contributed by atoms with E-state index in [4.69, 9.17) is 4.74 Å². The maximum Gasteiger partial charge on any atom is 0.260 e. The van der Waals surface area contributed by atoms with Crippen molar-refractivity contribution >= 4 is 5.91 Å². The molecule has 1 amide bonds. The standard InChI is InChI=1S/C25H40N2O2/c1-25(2,3)22-8-10-23(11-9-22)29-20-24(28)27-18-13-21(14-19-27)12-17-26-15-6-4-5-7-16-26/h8-11,21H,4-7,12-20H2,1-3H3. The molecule has 0 radical (unpaired) electrons. The van der Waals surface area contributed by atoms with Crippen molar-refractivity contribution in [1.29, 1.82) is 0 Å². The van der Waals surface area contributed by atoms with E-state index in [2.05, 4.69) is 37.8 Å². The van der Waals surface area contributed by atoms with E-state index in [9.17, 15) is 4.79 Å². The zero-order valence-electron chi connectivity index (χ0n) is 18.8. The summed E-state index contributed by atoms with van der Waals surface area (Å²) in [5.41, 5.74) is 1.41. The minimum Gasteiger partial charge on any atom is -0.484 e. The fraction of sp³-hybridized carbons (Fsp3) is 0.720. The molecule has 2 aliphatic heterocycles. The number of carbonyl (C=O) groups excluding carboxylic acids is 1. The number of hydrogen-bond donors (Lipinski definition) is 0. The molecule has 0 atom stereocenters. The van der Waals surface area contributed by atoms with Crippen molar-refractivity contribution in [3.05, 3.63) is 29.8 Å². The minimum atomic E-state index is 0.121. The van der Waals surface area contributed by atoms with Crippen molar-refractivity contribution in [3.8, 4) is 5.75 Å². The van der Waals surface area contributed by atoms with Crippen LogP contribution in [0.4, 0.5) is 0 Å². The van der Waals surface area contributed by atoms with Crippen LogP contribution in [0.3, 0.4) is 0 Å². The van der Waals surface area contributed by atoms with Crippen LogP contribution in [-0.4, -0.2) is 55.0 Å². The van der Waals surface area contributed by atoms with Crippen molar-refractivity contribution in [3.63, 3.8) is 0 Å². The molecular formula is C25H40N2O2. The Labute approximate surface area is 177 Å². The van der Waals surface area contributed by atoms with Gasteiger partial charge in [0.05, 0.1) is 0 Å². The van der Waals surface area contributed by atoms with Gasteiger partial charge in [0.2, 0.25) is 0 Å². The van der Waals surface area contributed by atoms with E-state index >= 15 is 0 Å². The number of nitrogens with zero attached hydrogens (tertiary/aromatic N) is 2. The molecule has 0 aliphatic carbocycles. The van der Waals surface area contributed by atoms with Crippen LogP contribution in [0.5, 0.6) is 5.75 Å². The van der Waals surface area contributed by atoms with Crippen LogP contribution in [-0.2, 0) is 10.2 Å². The van der Waals surface area contributed by atoms with E-state index in [0.29, 0.717) is 0 Å². The number of hydrogen-bond acceptors (Lipinski definition) is 3. The van der Waals surface area contributed by atoms with Gasteiger partial charge < -0.3 is 14.5 Å². The van der Waals surface area contributed by atoms with Crippen LogP contribution in [0, 0.1) is 5.92 Å². The lowest BCUT2D eigenvalue weighted by Crippen LogP contribution is -2.41. The summed E-state index contributed by atoms with van der Waals surface area (Å²) in [4.78, 5) is 17.2. The molecule has 29 heavy (non-hydrogen) atoms. The van der Waals surface area contributed by atoms with Crippen molar-refractivity contribution in [2.45, 2.75) is 71.1 Å². The molecule has 4 nitrogen and oxygen atoms in total. The van der Waals surface area contributed by atoms with Gasteiger partial charge in [-0.3, -0.25) is 4.79 Å². The van der Waals surface area contributed by atoms with Gasteiger partial charge in [-0.1, -0.05) is 45.7 Å². The summed E-state index contributed by atoms with van der Waals surface area (Å²) in [7, 11) is 0. The second kappa shape index (κ2) is 10.5. The highest BCUT2D eigenvalue weighted by Crippen LogP contribution is 2.25. The lowest BCUT2D eigenvalue weighted by atomic mass is 9.87. The number of likely N-dealkylation sites (tertiary alicyclic amines) is 2. The molecule has 1 aromatic rings. The zero-order chi connectivity index (χ0) is 20.7. The summed E-state index contributed by atoms with van der Waals surface area (Å²) in [5.74, 6) is 1.67. The SMILES string of the molecule is CC(C)(C)c1ccc(OCC(=O)N2CCC(CCN3CCCCCC3)CC2)cc1. The molecule has 4 heteroatoms. The topological polar surface area (TPSA) is 32.8 Å². The summed E-state index contributed by atoms with van der Waals surface area (Å²) in [5, 5.41) is 0. The fourth-order valence-electron chi connectivity index (χ4n) is 4.48. The van der Waals surface area contributed by atoms with E-state index in [0.717, 1.165) is 37.6 Å². The predicted octanol–water partition coefficient (Wildman–Crippen LogP) is 4.87. The van der Waals surface area contributed by atoms with Crippen molar-refractivity contribution < 1.29 is 9.53 Å². The maximum absolute atomic E-state index is 12.5. The Balaban J connectivity index is 1.35. The number of amides is 1. The minimum absolute atomic E-state index is 0.121. The molecule has 162 valence electrons. The first-order valence-corrected chi connectivity index (χ1v) is 11.7. The van der Waals surface area contributed by atoms with Crippen molar-refractivity contribution in [2.75, 3.05) is 39.3 Å². The summed E-state index contributed by atoms with van der Waals surface area (Å²) >= 11 is 0.